The van der Waals surface area contributed by atoms with Crippen molar-refractivity contribution < 1.29 is 9.90 Å². The van der Waals surface area contributed by atoms with Crippen molar-refractivity contribution in [3.8, 4) is 0 Å². The van der Waals surface area contributed by atoms with Gasteiger partial charge in [-0.3, -0.25) is 4.79 Å². The van der Waals surface area contributed by atoms with Crippen LogP contribution in [-0.2, 0) is 4.79 Å². The summed E-state index contributed by atoms with van der Waals surface area (Å²) >= 11 is 1.18. The molecule has 0 amide bonds. The average Bonchev–Trinajstić information content (AvgIpc) is 2.69. The minimum atomic E-state index is -0.857. The molecule has 0 atom stereocenters. The maximum Gasteiger partial charge on any atom is 0.313 e. The Balaban J connectivity index is 2.34. The van der Waals surface area contributed by atoms with Gasteiger partial charge in [0.25, 0.3) is 0 Å². The number of thioether (sulfide) groups is 1. The zero-order chi connectivity index (χ0) is 12.4. The molecule has 0 aliphatic heterocycles. The van der Waals surface area contributed by atoms with Crippen LogP contribution in [0, 0.1) is 0 Å². The first kappa shape index (κ1) is 11.8. The van der Waals surface area contributed by atoms with Gasteiger partial charge in [0.1, 0.15) is 5.03 Å². The molecule has 0 aliphatic rings. The van der Waals surface area contributed by atoms with Gasteiger partial charge in [0.05, 0.1) is 5.75 Å². The van der Waals surface area contributed by atoms with Gasteiger partial charge in [0.15, 0.2) is 11.5 Å². The Kier molecular flexibility index (Phi) is 3.28. The molecule has 2 rings (SSSR count). The van der Waals surface area contributed by atoms with E-state index in [0.29, 0.717) is 10.7 Å². The SMILES string of the molecule is CC(C)c1nnc2ccc(SCC(=O)O)nn12. The number of rotatable bonds is 4. The summed E-state index contributed by atoms with van der Waals surface area (Å²) in [6, 6.07) is 3.54. The van der Waals surface area contributed by atoms with Crippen LogP contribution < -0.4 is 0 Å². The second kappa shape index (κ2) is 4.70. The summed E-state index contributed by atoms with van der Waals surface area (Å²) in [5.74, 6) is 0.136. The van der Waals surface area contributed by atoms with Crippen molar-refractivity contribution in [2.45, 2.75) is 24.8 Å². The lowest BCUT2D eigenvalue weighted by molar-refractivity contribution is -0.133. The van der Waals surface area contributed by atoms with Gasteiger partial charge in [-0.2, -0.15) is 9.61 Å². The summed E-state index contributed by atoms with van der Waals surface area (Å²) in [6.07, 6.45) is 0. The molecule has 0 radical (unpaired) electrons. The first-order valence-electron chi connectivity index (χ1n) is 5.15. The lowest BCUT2D eigenvalue weighted by Gasteiger charge is -2.03. The van der Waals surface area contributed by atoms with Crippen LogP contribution in [0.5, 0.6) is 0 Å². The molecule has 0 saturated carbocycles. The van der Waals surface area contributed by atoms with Crippen LogP contribution in [0.4, 0.5) is 0 Å². The van der Waals surface area contributed by atoms with Crippen molar-refractivity contribution in [1.82, 2.24) is 19.8 Å². The predicted molar refractivity (Wildman–Crippen MR) is 63.2 cm³/mol. The number of carboxylic acids is 1. The molecule has 0 unspecified atom stereocenters. The molecule has 0 aromatic carbocycles. The zero-order valence-corrected chi connectivity index (χ0v) is 10.3. The monoisotopic (exact) mass is 252 g/mol. The molecule has 2 aromatic rings. The van der Waals surface area contributed by atoms with Crippen molar-refractivity contribution in [3.63, 3.8) is 0 Å². The highest BCUT2D eigenvalue weighted by molar-refractivity contribution is 7.99. The second-order valence-corrected chi connectivity index (χ2v) is 4.83. The quantitative estimate of drug-likeness (QED) is 0.829. The predicted octanol–water partition coefficient (Wildman–Crippen LogP) is 1.42. The summed E-state index contributed by atoms with van der Waals surface area (Å²) in [5.41, 5.74) is 0.674. The summed E-state index contributed by atoms with van der Waals surface area (Å²) in [4.78, 5) is 10.5. The maximum atomic E-state index is 10.5. The van der Waals surface area contributed by atoms with Gasteiger partial charge in [0, 0.05) is 5.92 Å². The Morgan fingerprint density at radius 3 is 2.88 bits per heavy atom. The fraction of sp³-hybridized carbons (Fsp3) is 0.400. The van der Waals surface area contributed by atoms with Crippen LogP contribution >= 0.6 is 11.8 Å². The van der Waals surface area contributed by atoms with Gasteiger partial charge in [-0.25, -0.2) is 0 Å². The molecule has 0 bridgehead atoms. The number of fused-ring (bicyclic) bond motifs is 1. The van der Waals surface area contributed by atoms with E-state index in [1.165, 1.54) is 11.8 Å². The Morgan fingerprint density at radius 2 is 2.24 bits per heavy atom. The van der Waals surface area contributed by atoms with Crippen LogP contribution in [0.2, 0.25) is 0 Å². The van der Waals surface area contributed by atoms with Crippen LogP contribution in [0.3, 0.4) is 0 Å². The minimum Gasteiger partial charge on any atom is -0.481 e. The first-order valence-corrected chi connectivity index (χ1v) is 6.13. The molecular weight excluding hydrogens is 240 g/mol. The normalized spacial score (nSPS) is 11.2. The van der Waals surface area contributed by atoms with E-state index in [1.54, 1.807) is 16.6 Å². The van der Waals surface area contributed by atoms with Crippen LogP contribution in [-0.4, -0.2) is 36.6 Å². The third-order valence-electron chi connectivity index (χ3n) is 2.12. The Morgan fingerprint density at radius 1 is 1.47 bits per heavy atom. The molecule has 17 heavy (non-hydrogen) atoms. The van der Waals surface area contributed by atoms with E-state index in [9.17, 15) is 4.79 Å². The zero-order valence-electron chi connectivity index (χ0n) is 9.49. The fourth-order valence-electron chi connectivity index (χ4n) is 1.36. The molecule has 1 N–H and O–H groups in total. The molecule has 6 nitrogen and oxygen atoms in total. The lowest BCUT2D eigenvalue weighted by Crippen LogP contribution is -2.03. The number of hydrogen-bond donors (Lipinski definition) is 1. The van der Waals surface area contributed by atoms with E-state index < -0.39 is 5.97 Å². The Bertz CT molecular complexity index is 552. The van der Waals surface area contributed by atoms with E-state index in [1.807, 2.05) is 13.8 Å². The van der Waals surface area contributed by atoms with Gasteiger partial charge >= 0.3 is 5.97 Å². The highest BCUT2D eigenvalue weighted by Crippen LogP contribution is 2.17. The molecule has 0 saturated heterocycles. The topological polar surface area (TPSA) is 80.4 Å². The highest BCUT2D eigenvalue weighted by atomic mass is 32.2. The average molecular weight is 252 g/mol. The summed E-state index contributed by atoms with van der Waals surface area (Å²) < 4.78 is 1.66. The van der Waals surface area contributed by atoms with Gasteiger partial charge in [-0.1, -0.05) is 25.6 Å². The van der Waals surface area contributed by atoms with E-state index in [2.05, 4.69) is 15.3 Å². The van der Waals surface area contributed by atoms with Crippen LogP contribution in [0.1, 0.15) is 25.6 Å². The number of carbonyl (C=O) groups is 1. The second-order valence-electron chi connectivity index (χ2n) is 3.84. The molecule has 0 spiro atoms. The largest absolute Gasteiger partial charge is 0.481 e. The number of aromatic nitrogens is 4. The van der Waals surface area contributed by atoms with Crippen LogP contribution in [0.25, 0.3) is 5.65 Å². The third kappa shape index (κ3) is 2.55. The molecule has 2 aromatic heterocycles. The van der Waals surface area contributed by atoms with Gasteiger partial charge in [-0.15, -0.1) is 10.2 Å². The van der Waals surface area contributed by atoms with Crippen LogP contribution in [0.15, 0.2) is 17.2 Å². The Labute approximate surface area is 102 Å². The molecule has 2 heterocycles. The lowest BCUT2D eigenvalue weighted by atomic mass is 10.2. The summed E-state index contributed by atoms with van der Waals surface area (Å²) in [7, 11) is 0. The highest BCUT2D eigenvalue weighted by Gasteiger charge is 2.11. The number of carboxylic acid groups (broad SMARTS) is 1. The van der Waals surface area contributed by atoms with Crippen molar-refractivity contribution in [2.24, 2.45) is 0 Å². The van der Waals surface area contributed by atoms with E-state index in [-0.39, 0.29) is 11.7 Å². The van der Waals surface area contributed by atoms with Gasteiger partial charge in [0.2, 0.25) is 0 Å². The van der Waals surface area contributed by atoms with Crippen molar-refractivity contribution in [1.29, 1.82) is 0 Å². The van der Waals surface area contributed by atoms with Gasteiger partial charge < -0.3 is 5.11 Å². The van der Waals surface area contributed by atoms with E-state index in [0.717, 1.165) is 5.82 Å². The van der Waals surface area contributed by atoms with Crippen molar-refractivity contribution in [2.75, 3.05) is 5.75 Å². The number of nitrogens with zero attached hydrogens (tertiary/aromatic N) is 4. The standard InChI is InChI=1S/C10H12N4O2S/c1-6(2)10-12-11-7-3-4-8(13-14(7)10)17-5-9(15)16/h3-4,6H,5H2,1-2H3,(H,15,16). The van der Waals surface area contributed by atoms with E-state index >= 15 is 0 Å². The molecule has 0 fully saturated rings. The molecule has 90 valence electrons. The number of hydrogen-bond acceptors (Lipinski definition) is 5. The summed E-state index contributed by atoms with van der Waals surface area (Å²) in [5, 5.41) is 21.6. The third-order valence-corrected chi connectivity index (χ3v) is 3.03. The smallest absolute Gasteiger partial charge is 0.313 e. The van der Waals surface area contributed by atoms with Crippen molar-refractivity contribution >= 4 is 23.4 Å². The maximum absolute atomic E-state index is 10.5. The molecule has 0 aliphatic carbocycles. The van der Waals surface area contributed by atoms with Crippen molar-refractivity contribution in [3.05, 3.63) is 18.0 Å². The number of aliphatic carboxylic acids is 1. The molecule has 7 heteroatoms. The van der Waals surface area contributed by atoms with E-state index in [4.69, 9.17) is 5.11 Å². The van der Waals surface area contributed by atoms with Gasteiger partial charge in [-0.05, 0) is 12.1 Å². The Hall–Kier alpha value is -1.63. The minimum absolute atomic E-state index is 0.00234. The first-order chi connectivity index (χ1) is 8.08. The fourth-order valence-corrected chi connectivity index (χ4v) is 1.94. The summed E-state index contributed by atoms with van der Waals surface area (Å²) in [6.45, 7) is 4.02. The molecular formula is C10H12N4O2S.